The van der Waals surface area contributed by atoms with Crippen LogP contribution < -0.4 is 10.2 Å². The van der Waals surface area contributed by atoms with Crippen molar-refractivity contribution in [3.8, 4) is 0 Å². The lowest BCUT2D eigenvalue weighted by Crippen LogP contribution is -2.50. The molecule has 0 aliphatic carbocycles. The van der Waals surface area contributed by atoms with Gasteiger partial charge in [-0.25, -0.2) is 0 Å². The van der Waals surface area contributed by atoms with Gasteiger partial charge in [0.15, 0.2) is 0 Å². The molecule has 0 fully saturated rings. The smallest absolute Gasteiger partial charge is 0.307 e. The van der Waals surface area contributed by atoms with Crippen molar-refractivity contribution in [2.45, 2.75) is 58.5 Å². The molecular formula is C14H24N2O3S. The Morgan fingerprint density at radius 3 is 2.55 bits per heavy atom. The molecule has 5 nitrogen and oxygen atoms in total. The lowest BCUT2D eigenvalue weighted by molar-refractivity contribution is -0.124. The number of thiazole rings is 1. The maximum atomic E-state index is 11.9. The quantitative estimate of drug-likeness (QED) is 0.767. The highest BCUT2D eigenvalue weighted by molar-refractivity contribution is 7.07. The van der Waals surface area contributed by atoms with Gasteiger partial charge < -0.3 is 15.0 Å². The SMILES string of the molecule is CCC(CC)(CO)NC(=O)CCCn1c(C)csc1=O. The fraction of sp³-hybridized carbons (Fsp3) is 0.714. The van der Waals surface area contributed by atoms with Crippen LogP contribution in [0.25, 0.3) is 0 Å². The van der Waals surface area contributed by atoms with E-state index in [0.29, 0.717) is 32.2 Å². The molecule has 20 heavy (non-hydrogen) atoms. The number of hydrogen-bond donors (Lipinski definition) is 2. The van der Waals surface area contributed by atoms with E-state index in [-0.39, 0.29) is 17.4 Å². The highest BCUT2D eigenvalue weighted by Gasteiger charge is 2.26. The molecule has 0 aliphatic rings. The molecule has 0 bridgehead atoms. The maximum Gasteiger partial charge on any atom is 0.307 e. The number of aryl methyl sites for hydroxylation is 1. The number of carbonyl (C=O) groups is 1. The first-order valence-electron chi connectivity index (χ1n) is 7.04. The second kappa shape index (κ2) is 7.59. The summed E-state index contributed by atoms with van der Waals surface area (Å²) in [5.74, 6) is -0.0660. The van der Waals surface area contributed by atoms with Crippen LogP contribution in [0.15, 0.2) is 10.2 Å². The number of nitrogens with one attached hydrogen (secondary N) is 1. The largest absolute Gasteiger partial charge is 0.394 e. The van der Waals surface area contributed by atoms with E-state index in [1.807, 2.05) is 26.2 Å². The van der Waals surface area contributed by atoms with Gasteiger partial charge in [-0.05, 0) is 26.2 Å². The minimum Gasteiger partial charge on any atom is -0.394 e. The van der Waals surface area contributed by atoms with E-state index in [1.165, 1.54) is 11.3 Å². The monoisotopic (exact) mass is 300 g/mol. The molecule has 0 radical (unpaired) electrons. The van der Waals surface area contributed by atoms with Crippen molar-refractivity contribution in [1.29, 1.82) is 0 Å². The third-order valence-corrected chi connectivity index (χ3v) is 4.70. The van der Waals surface area contributed by atoms with Crippen LogP contribution in [0.5, 0.6) is 0 Å². The molecule has 2 N–H and O–H groups in total. The Labute approximate surface area is 123 Å². The summed E-state index contributed by atoms with van der Waals surface area (Å²) in [6.07, 6.45) is 2.39. The number of rotatable bonds is 8. The Bertz CT molecular complexity index is 481. The molecule has 0 aliphatic heterocycles. The third kappa shape index (κ3) is 4.18. The van der Waals surface area contributed by atoms with Gasteiger partial charge in [0.05, 0.1) is 12.1 Å². The lowest BCUT2D eigenvalue weighted by Gasteiger charge is -2.30. The van der Waals surface area contributed by atoms with Gasteiger partial charge in [0.25, 0.3) is 0 Å². The molecule has 6 heteroatoms. The number of nitrogens with zero attached hydrogens (tertiary/aromatic N) is 1. The molecule has 1 amide bonds. The second-order valence-corrected chi connectivity index (χ2v) is 5.91. The normalized spacial score (nSPS) is 11.6. The van der Waals surface area contributed by atoms with Gasteiger partial charge in [-0.1, -0.05) is 25.2 Å². The van der Waals surface area contributed by atoms with Crippen molar-refractivity contribution in [3.05, 3.63) is 20.7 Å². The number of hydrogen-bond acceptors (Lipinski definition) is 4. The zero-order valence-corrected chi connectivity index (χ0v) is 13.3. The minimum atomic E-state index is -0.508. The molecule has 0 saturated heterocycles. The van der Waals surface area contributed by atoms with Crippen LogP contribution >= 0.6 is 11.3 Å². The highest BCUT2D eigenvalue weighted by atomic mass is 32.1. The summed E-state index contributed by atoms with van der Waals surface area (Å²) < 4.78 is 1.69. The van der Waals surface area contributed by atoms with Crippen molar-refractivity contribution in [1.82, 2.24) is 9.88 Å². The Kier molecular flexibility index (Phi) is 6.42. The fourth-order valence-corrected chi connectivity index (χ4v) is 2.88. The van der Waals surface area contributed by atoms with Crippen molar-refractivity contribution >= 4 is 17.2 Å². The van der Waals surface area contributed by atoms with Gasteiger partial charge in [-0.3, -0.25) is 9.59 Å². The van der Waals surface area contributed by atoms with Crippen LogP contribution in [0.3, 0.4) is 0 Å². The molecule has 0 saturated carbocycles. The predicted molar refractivity (Wildman–Crippen MR) is 81.1 cm³/mol. The second-order valence-electron chi connectivity index (χ2n) is 5.09. The van der Waals surface area contributed by atoms with Crippen LogP contribution in [0.1, 0.15) is 45.2 Å². The van der Waals surface area contributed by atoms with Gasteiger partial charge in [-0.15, -0.1) is 0 Å². The van der Waals surface area contributed by atoms with Gasteiger partial charge in [0.1, 0.15) is 0 Å². The molecule has 1 heterocycles. The average molecular weight is 300 g/mol. The first-order chi connectivity index (χ1) is 9.48. The number of aliphatic hydroxyl groups is 1. The van der Waals surface area contributed by atoms with Crippen LogP contribution in [0, 0.1) is 6.92 Å². The van der Waals surface area contributed by atoms with Gasteiger partial charge in [0, 0.05) is 24.0 Å². The predicted octanol–water partition coefficient (Wildman–Crippen LogP) is 1.67. The summed E-state index contributed by atoms with van der Waals surface area (Å²) in [5, 5.41) is 14.2. The number of aliphatic hydroxyl groups excluding tert-OH is 1. The fourth-order valence-electron chi connectivity index (χ4n) is 2.12. The van der Waals surface area contributed by atoms with Crippen LogP contribution in [0.4, 0.5) is 0 Å². The summed E-state index contributed by atoms with van der Waals surface area (Å²) in [6.45, 7) is 6.31. The molecule has 1 aromatic rings. The molecular weight excluding hydrogens is 276 g/mol. The molecule has 1 rings (SSSR count). The summed E-state index contributed by atoms with van der Waals surface area (Å²) in [6, 6.07) is 0. The Morgan fingerprint density at radius 2 is 2.10 bits per heavy atom. The minimum absolute atomic E-state index is 0.0229. The molecule has 0 atom stereocenters. The van der Waals surface area contributed by atoms with Gasteiger partial charge in [0.2, 0.25) is 5.91 Å². The van der Waals surface area contributed by atoms with E-state index in [2.05, 4.69) is 5.32 Å². The zero-order valence-electron chi connectivity index (χ0n) is 12.4. The highest BCUT2D eigenvalue weighted by Crippen LogP contribution is 2.14. The number of aromatic nitrogens is 1. The third-order valence-electron chi connectivity index (χ3n) is 3.82. The van der Waals surface area contributed by atoms with Gasteiger partial charge in [-0.2, -0.15) is 0 Å². The molecule has 114 valence electrons. The Hall–Kier alpha value is -1.14. The van der Waals surface area contributed by atoms with Crippen molar-refractivity contribution in [2.24, 2.45) is 0 Å². The van der Waals surface area contributed by atoms with E-state index < -0.39 is 5.54 Å². The zero-order chi connectivity index (χ0) is 15.2. The van der Waals surface area contributed by atoms with Crippen molar-refractivity contribution < 1.29 is 9.90 Å². The first-order valence-corrected chi connectivity index (χ1v) is 7.92. The van der Waals surface area contributed by atoms with Crippen molar-refractivity contribution in [3.63, 3.8) is 0 Å². The van der Waals surface area contributed by atoms with Crippen LogP contribution in [-0.4, -0.2) is 27.7 Å². The van der Waals surface area contributed by atoms with Crippen LogP contribution in [-0.2, 0) is 11.3 Å². The summed E-state index contributed by atoms with van der Waals surface area (Å²) >= 11 is 1.18. The van der Waals surface area contributed by atoms with E-state index in [1.54, 1.807) is 4.57 Å². The van der Waals surface area contributed by atoms with E-state index in [0.717, 1.165) is 5.69 Å². The Morgan fingerprint density at radius 1 is 1.45 bits per heavy atom. The van der Waals surface area contributed by atoms with Crippen LogP contribution in [0.2, 0.25) is 0 Å². The Balaban J connectivity index is 2.46. The topological polar surface area (TPSA) is 71.3 Å². The summed E-state index contributed by atoms with van der Waals surface area (Å²) in [5.41, 5.74) is 0.430. The van der Waals surface area contributed by atoms with E-state index in [9.17, 15) is 14.7 Å². The van der Waals surface area contributed by atoms with E-state index in [4.69, 9.17) is 0 Å². The number of amides is 1. The maximum absolute atomic E-state index is 11.9. The summed E-state index contributed by atoms with van der Waals surface area (Å²) in [7, 11) is 0. The number of carbonyl (C=O) groups excluding carboxylic acids is 1. The first kappa shape index (κ1) is 16.9. The summed E-state index contributed by atoms with van der Waals surface area (Å²) in [4.78, 5) is 23.5. The molecule has 0 unspecified atom stereocenters. The molecule has 0 aromatic carbocycles. The molecule has 0 spiro atoms. The standard InChI is InChI=1S/C14H24N2O3S/c1-4-14(5-2,10-17)15-12(18)7-6-8-16-11(3)9-20-13(16)19/h9,17H,4-8,10H2,1-3H3,(H,15,18). The molecule has 1 aromatic heterocycles. The lowest BCUT2D eigenvalue weighted by atomic mass is 9.93. The van der Waals surface area contributed by atoms with E-state index >= 15 is 0 Å². The average Bonchev–Trinajstić information content (AvgIpc) is 2.76. The van der Waals surface area contributed by atoms with Crippen molar-refractivity contribution in [2.75, 3.05) is 6.61 Å². The van der Waals surface area contributed by atoms with Gasteiger partial charge >= 0.3 is 4.87 Å².